The Morgan fingerprint density at radius 3 is 2.72 bits per heavy atom. The van der Waals surface area contributed by atoms with Gasteiger partial charge < -0.3 is 4.74 Å². The number of thioether (sulfide) groups is 1. The van der Waals surface area contributed by atoms with Crippen LogP contribution < -0.4 is 0 Å². The molecule has 1 heterocycles. The molecule has 0 radical (unpaired) electrons. The number of ether oxygens (including phenoxy) is 1. The van der Waals surface area contributed by atoms with Gasteiger partial charge in [-0.2, -0.15) is 0 Å². The summed E-state index contributed by atoms with van der Waals surface area (Å²) in [5.41, 5.74) is 2.95. The van der Waals surface area contributed by atoms with Crippen LogP contribution in [-0.4, -0.2) is 16.7 Å². The minimum absolute atomic E-state index is 0.0654. The van der Waals surface area contributed by atoms with Gasteiger partial charge >= 0.3 is 5.97 Å². The van der Waals surface area contributed by atoms with Crippen molar-refractivity contribution in [1.29, 1.82) is 0 Å². The Hall–Kier alpha value is -2.18. The lowest BCUT2D eigenvalue weighted by atomic mass is 10.2. The highest BCUT2D eigenvalue weighted by Gasteiger charge is 2.10. The number of carbonyl (C=O) groups is 1. The largest absolute Gasteiger partial charge is 0.459 e. The van der Waals surface area contributed by atoms with Gasteiger partial charge in [0.1, 0.15) is 17.4 Å². The Morgan fingerprint density at radius 2 is 1.96 bits per heavy atom. The summed E-state index contributed by atoms with van der Waals surface area (Å²) in [4.78, 5) is 16.8. The van der Waals surface area contributed by atoms with Gasteiger partial charge in [0.15, 0.2) is 0 Å². The fourth-order valence-corrected chi connectivity index (χ4v) is 3.64. The molecular formula is C19H16FNO2S2. The van der Waals surface area contributed by atoms with E-state index in [9.17, 15) is 9.18 Å². The Kier molecular flexibility index (Phi) is 5.83. The van der Waals surface area contributed by atoms with Crippen molar-refractivity contribution in [2.24, 2.45) is 0 Å². The maximum Gasteiger partial charge on any atom is 0.316 e. The van der Waals surface area contributed by atoms with Crippen LogP contribution in [0.25, 0.3) is 10.6 Å². The molecule has 2 aromatic carbocycles. The van der Waals surface area contributed by atoms with Crippen molar-refractivity contribution in [2.45, 2.75) is 18.4 Å². The molecule has 0 aliphatic heterocycles. The van der Waals surface area contributed by atoms with Crippen molar-refractivity contribution in [3.05, 3.63) is 71.0 Å². The summed E-state index contributed by atoms with van der Waals surface area (Å²) in [5, 5.41) is 2.78. The maximum absolute atomic E-state index is 13.5. The van der Waals surface area contributed by atoms with Crippen molar-refractivity contribution in [2.75, 3.05) is 5.75 Å². The summed E-state index contributed by atoms with van der Waals surface area (Å²) in [6.07, 6.45) is 0. The zero-order chi connectivity index (χ0) is 17.6. The van der Waals surface area contributed by atoms with Gasteiger partial charge in [0, 0.05) is 15.8 Å². The standard InChI is InChI=1S/C19H16FNO2S2/c1-13-6-8-14(9-7-13)19-21-15(11-25-19)10-23-18(22)12-24-17-5-3-2-4-16(17)20/h2-9,11H,10,12H2,1H3. The normalized spacial score (nSPS) is 10.6. The molecule has 0 amide bonds. The molecule has 0 unspecified atom stereocenters. The van der Waals surface area contributed by atoms with E-state index in [2.05, 4.69) is 4.98 Å². The van der Waals surface area contributed by atoms with E-state index in [0.717, 1.165) is 22.3 Å². The number of thiazole rings is 1. The Morgan fingerprint density at radius 1 is 1.20 bits per heavy atom. The summed E-state index contributed by atoms with van der Waals surface area (Å²) in [6.45, 7) is 2.16. The second-order valence-electron chi connectivity index (χ2n) is 5.39. The summed E-state index contributed by atoms with van der Waals surface area (Å²) in [7, 11) is 0. The maximum atomic E-state index is 13.5. The Labute approximate surface area is 153 Å². The number of aryl methyl sites for hydroxylation is 1. The van der Waals surface area contributed by atoms with Crippen LogP contribution in [0.4, 0.5) is 4.39 Å². The van der Waals surface area contributed by atoms with E-state index < -0.39 is 5.97 Å². The quantitative estimate of drug-likeness (QED) is 0.445. The van der Waals surface area contributed by atoms with Crippen LogP contribution in [0.15, 0.2) is 58.8 Å². The molecule has 0 aliphatic rings. The van der Waals surface area contributed by atoms with E-state index in [-0.39, 0.29) is 18.2 Å². The lowest BCUT2D eigenvalue weighted by Gasteiger charge is -2.04. The van der Waals surface area contributed by atoms with E-state index in [4.69, 9.17) is 4.74 Å². The summed E-state index contributed by atoms with van der Waals surface area (Å²) >= 11 is 2.64. The highest BCUT2D eigenvalue weighted by atomic mass is 32.2. The van der Waals surface area contributed by atoms with Gasteiger partial charge in [-0.15, -0.1) is 23.1 Å². The number of esters is 1. The number of benzene rings is 2. The smallest absolute Gasteiger partial charge is 0.316 e. The number of carbonyl (C=O) groups excluding carboxylic acids is 1. The molecule has 0 bridgehead atoms. The SMILES string of the molecule is Cc1ccc(-c2nc(COC(=O)CSc3ccccc3F)cs2)cc1. The van der Waals surface area contributed by atoms with Crippen LogP contribution in [0.5, 0.6) is 0 Å². The first-order valence-corrected chi connectivity index (χ1v) is 9.53. The predicted molar refractivity (Wildman–Crippen MR) is 99.2 cm³/mol. The van der Waals surface area contributed by atoms with Crippen LogP contribution in [0.3, 0.4) is 0 Å². The van der Waals surface area contributed by atoms with Gasteiger partial charge in [0.05, 0.1) is 11.4 Å². The minimum Gasteiger partial charge on any atom is -0.459 e. The average Bonchev–Trinajstić information content (AvgIpc) is 3.09. The van der Waals surface area contributed by atoms with E-state index in [1.807, 2.05) is 36.6 Å². The number of hydrogen-bond acceptors (Lipinski definition) is 5. The second kappa shape index (κ2) is 8.27. The first kappa shape index (κ1) is 17.6. The monoisotopic (exact) mass is 373 g/mol. The predicted octanol–water partition coefficient (Wildman–Crippen LogP) is 5.09. The van der Waals surface area contributed by atoms with Crippen LogP contribution >= 0.6 is 23.1 Å². The van der Waals surface area contributed by atoms with Crippen molar-refractivity contribution < 1.29 is 13.9 Å². The van der Waals surface area contributed by atoms with E-state index in [1.165, 1.54) is 23.0 Å². The van der Waals surface area contributed by atoms with Gasteiger partial charge in [-0.05, 0) is 19.1 Å². The fraction of sp³-hybridized carbons (Fsp3) is 0.158. The van der Waals surface area contributed by atoms with E-state index in [1.54, 1.807) is 18.2 Å². The molecule has 3 nitrogen and oxygen atoms in total. The summed E-state index contributed by atoms with van der Waals surface area (Å²) < 4.78 is 18.7. The van der Waals surface area contributed by atoms with Gasteiger partial charge in [0.25, 0.3) is 0 Å². The molecule has 25 heavy (non-hydrogen) atoms. The fourth-order valence-electron chi connectivity index (χ4n) is 2.10. The molecule has 0 aliphatic carbocycles. The van der Waals surface area contributed by atoms with Crippen molar-refractivity contribution >= 4 is 29.1 Å². The van der Waals surface area contributed by atoms with Crippen molar-refractivity contribution in [3.8, 4) is 10.6 Å². The summed E-state index contributed by atoms with van der Waals surface area (Å²) in [5.74, 6) is -0.656. The molecule has 0 atom stereocenters. The highest BCUT2D eigenvalue weighted by molar-refractivity contribution is 8.00. The number of rotatable bonds is 6. The molecule has 128 valence electrons. The van der Waals surface area contributed by atoms with Crippen LogP contribution in [0, 0.1) is 12.7 Å². The molecular weight excluding hydrogens is 357 g/mol. The molecule has 3 aromatic rings. The van der Waals surface area contributed by atoms with E-state index in [0.29, 0.717) is 10.6 Å². The van der Waals surface area contributed by atoms with Gasteiger partial charge in [0.2, 0.25) is 0 Å². The molecule has 6 heteroatoms. The number of halogens is 1. The first-order chi connectivity index (χ1) is 12.1. The third kappa shape index (κ3) is 4.90. The van der Waals surface area contributed by atoms with Crippen LogP contribution in [0.2, 0.25) is 0 Å². The molecule has 0 saturated carbocycles. The topological polar surface area (TPSA) is 39.2 Å². The van der Waals surface area contributed by atoms with Gasteiger partial charge in [-0.25, -0.2) is 9.37 Å². The zero-order valence-corrected chi connectivity index (χ0v) is 15.2. The molecule has 1 aromatic heterocycles. The molecule has 0 spiro atoms. The summed E-state index contributed by atoms with van der Waals surface area (Å²) in [6, 6.07) is 14.5. The first-order valence-electron chi connectivity index (χ1n) is 7.66. The molecule has 0 N–H and O–H groups in total. The van der Waals surface area contributed by atoms with Gasteiger partial charge in [-0.1, -0.05) is 42.0 Å². The van der Waals surface area contributed by atoms with E-state index >= 15 is 0 Å². The molecule has 3 rings (SSSR count). The Bertz CT molecular complexity index is 862. The molecule has 0 fully saturated rings. The Balaban J connectivity index is 1.51. The van der Waals surface area contributed by atoms with Crippen molar-refractivity contribution in [1.82, 2.24) is 4.98 Å². The average molecular weight is 373 g/mol. The lowest BCUT2D eigenvalue weighted by molar-refractivity contribution is -0.141. The van der Waals surface area contributed by atoms with Crippen LogP contribution in [-0.2, 0) is 16.1 Å². The third-order valence-corrected chi connectivity index (χ3v) is 5.38. The minimum atomic E-state index is -0.391. The van der Waals surface area contributed by atoms with Crippen molar-refractivity contribution in [3.63, 3.8) is 0 Å². The number of nitrogens with zero attached hydrogens (tertiary/aromatic N) is 1. The third-order valence-electron chi connectivity index (χ3n) is 3.41. The lowest BCUT2D eigenvalue weighted by Crippen LogP contribution is -2.07. The van der Waals surface area contributed by atoms with Gasteiger partial charge in [-0.3, -0.25) is 4.79 Å². The molecule has 0 saturated heterocycles. The number of aromatic nitrogens is 1. The second-order valence-corrected chi connectivity index (χ2v) is 7.27. The highest BCUT2D eigenvalue weighted by Crippen LogP contribution is 2.25. The van der Waals surface area contributed by atoms with Crippen LogP contribution in [0.1, 0.15) is 11.3 Å². The zero-order valence-electron chi connectivity index (χ0n) is 13.6. The number of hydrogen-bond donors (Lipinski definition) is 0.